The molecule has 2 aromatic carbocycles. The number of rotatable bonds is 6. The van der Waals surface area contributed by atoms with Gasteiger partial charge in [0.15, 0.2) is 5.82 Å². The molecule has 0 saturated heterocycles. The Hall–Kier alpha value is -3.54. The van der Waals surface area contributed by atoms with E-state index in [4.69, 9.17) is 4.98 Å². The minimum Gasteiger partial charge on any atom is -0.508 e. The summed E-state index contributed by atoms with van der Waals surface area (Å²) >= 11 is 0. The zero-order valence-electron chi connectivity index (χ0n) is 19.5. The highest BCUT2D eigenvalue weighted by atomic mass is 19.1. The summed E-state index contributed by atoms with van der Waals surface area (Å²) in [4.78, 5) is 22.5. The highest BCUT2D eigenvalue weighted by Crippen LogP contribution is 2.58. The van der Waals surface area contributed by atoms with Crippen LogP contribution in [-0.2, 0) is 17.6 Å². The van der Waals surface area contributed by atoms with Gasteiger partial charge in [0.05, 0.1) is 24.0 Å². The number of aromatic nitrogens is 2. The van der Waals surface area contributed by atoms with Crippen molar-refractivity contribution >= 4 is 11.7 Å². The summed E-state index contributed by atoms with van der Waals surface area (Å²) in [5, 5.41) is 12.7. The molecule has 7 rings (SSSR count). The lowest BCUT2D eigenvalue weighted by atomic mass is 9.52. The maximum Gasteiger partial charge on any atom is 0.229 e. The summed E-state index contributed by atoms with van der Waals surface area (Å²) in [7, 11) is 0. The Morgan fingerprint density at radius 3 is 2.66 bits per heavy atom. The molecule has 2 N–H and O–H groups in total. The number of anilines is 1. The first-order valence-corrected chi connectivity index (χ1v) is 12.3. The molecule has 1 heterocycles. The fourth-order valence-corrected chi connectivity index (χ4v) is 6.61. The summed E-state index contributed by atoms with van der Waals surface area (Å²) in [6.07, 6.45) is 11.1. The van der Waals surface area contributed by atoms with Gasteiger partial charge in [-0.3, -0.25) is 4.79 Å². The highest BCUT2D eigenvalue weighted by molar-refractivity contribution is 5.92. The van der Waals surface area contributed by atoms with E-state index >= 15 is 0 Å². The van der Waals surface area contributed by atoms with E-state index < -0.39 is 0 Å². The molecule has 0 radical (unpaired) electrons. The van der Waals surface area contributed by atoms with Crippen LogP contribution in [0.1, 0.15) is 43.4 Å². The lowest BCUT2D eigenvalue weighted by Crippen LogP contribution is -2.42. The van der Waals surface area contributed by atoms with E-state index in [2.05, 4.69) is 16.4 Å². The molecule has 1 aromatic heterocycles. The van der Waals surface area contributed by atoms with E-state index in [0.29, 0.717) is 11.7 Å². The number of hydrogen-bond acceptors (Lipinski definition) is 4. The number of carbonyl (C=O) groups excluding carboxylic acids is 1. The van der Waals surface area contributed by atoms with Crippen molar-refractivity contribution in [3.63, 3.8) is 0 Å². The average Bonchev–Trinajstić information content (AvgIpc) is 2.81. The molecule has 0 spiro atoms. The Labute approximate surface area is 204 Å². The molecule has 35 heavy (non-hydrogen) atoms. The molecule has 3 unspecified atom stereocenters. The van der Waals surface area contributed by atoms with E-state index in [1.807, 2.05) is 12.1 Å². The van der Waals surface area contributed by atoms with Crippen LogP contribution in [0.4, 0.5) is 10.2 Å². The second-order valence-electron chi connectivity index (χ2n) is 10.6. The van der Waals surface area contributed by atoms with Crippen LogP contribution in [0.5, 0.6) is 5.75 Å². The van der Waals surface area contributed by atoms with Crippen LogP contribution < -0.4 is 5.32 Å². The second kappa shape index (κ2) is 8.59. The molecule has 4 bridgehead atoms. The van der Waals surface area contributed by atoms with E-state index in [9.17, 15) is 14.3 Å². The lowest BCUT2D eigenvalue weighted by Gasteiger charge is -2.52. The normalized spacial score (nSPS) is 24.3. The van der Waals surface area contributed by atoms with Crippen LogP contribution in [0.25, 0.3) is 11.3 Å². The number of nitrogens with one attached hydrogen (secondary N) is 1. The van der Waals surface area contributed by atoms with Gasteiger partial charge in [-0.25, -0.2) is 14.4 Å². The predicted molar refractivity (Wildman–Crippen MR) is 132 cm³/mol. The highest BCUT2D eigenvalue weighted by Gasteiger charge is 2.47. The van der Waals surface area contributed by atoms with E-state index in [0.717, 1.165) is 41.3 Å². The Balaban J connectivity index is 1.30. The zero-order valence-corrected chi connectivity index (χ0v) is 19.5. The monoisotopic (exact) mass is 469 g/mol. The van der Waals surface area contributed by atoms with Crippen LogP contribution in [0.2, 0.25) is 0 Å². The SMILES string of the molecule is O=C(Cc1ccc(F)cc1)Nc1ncc(-c2ccc(O)cc2)nc1CC12CC3=CC(CC(C3)C1)C2. The molecule has 2 fully saturated rings. The molecule has 1 amide bonds. The second-order valence-corrected chi connectivity index (χ2v) is 10.6. The molecular formula is C29H28FN3O2. The average molecular weight is 470 g/mol. The van der Waals surface area contributed by atoms with Gasteiger partial charge in [-0.15, -0.1) is 0 Å². The number of hydrogen-bond donors (Lipinski definition) is 2. The molecule has 3 atom stereocenters. The van der Waals surface area contributed by atoms with Gasteiger partial charge < -0.3 is 10.4 Å². The number of phenols is 1. The van der Waals surface area contributed by atoms with Gasteiger partial charge in [0.1, 0.15) is 11.6 Å². The molecular weight excluding hydrogens is 441 g/mol. The van der Waals surface area contributed by atoms with Gasteiger partial charge >= 0.3 is 0 Å². The number of halogens is 1. The first-order chi connectivity index (χ1) is 16.9. The number of phenolic OH excluding ortho intramolecular Hbond substituents is 1. The minimum atomic E-state index is -0.321. The van der Waals surface area contributed by atoms with Gasteiger partial charge in [0, 0.05) is 5.56 Å². The third kappa shape index (κ3) is 4.57. The van der Waals surface area contributed by atoms with Crippen LogP contribution >= 0.6 is 0 Å². The van der Waals surface area contributed by atoms with Crippen molar-refractivity contribution in [3.05, 3.63) is 83.5 Å². The largest absolute Gasteiger partial charge is 0.508 e. The molecule has 4 aliphatic carbocycles. The third-order valence-electron chi connectivity index (χ3n) is 7.76. The maximum absolute atomic E-state index is 13.2. The van der Waals surface area contributed by atoms with Crippen molar-refractivity contribution in [2.24, 2.45) is 17.3 Å². The van der Waals surface area contributed by atoms with Gasteiger partial charge in [-0.1, -0.05) is 23.8 Å². The fourth-order valence-electron chi connectivity index (χ4n) is 6.61. The van der Waals surface area contributed by atoms with Gasteiger partial charge in [-0.2, -0.15) is 0 Å². The third-order valence-corrected chi connectivity index (χ3v) is 7.76. The first kappa shape index (κ1) is 22.0. The minimum absolute atomic E-state index is 0.142. The Morgan fingerprint density at radius 1 is 1.11 bits per heavy atom. The number of allylic oxidation sites excluding steroid dienone is 2. The van der Waals surface area contributed by atoms with Crippen LogP contribution in [0.3, 0.4) is 0 Å². The van der Waals surface area contributed by atoms with Gasteiger partial charge in [-0.05, 0) is 97.7 Å². The number of nitrogens with zero attached hydrogens (tertiary/aromatic N) is 2. The van der Waals surface area contributed by atoms with Crippen LogP contribution in [0.15, 0.2) is 66.4 Å². The standard InChI is InChI=1S/C29H28FN3O2/c30-23-5-1-18(2-6-23)12-27(35)33-28-25(32-26(17-31-28)22-3-7-24(34)8-4-22)16-29-13-19-9-20(14-29)11-21(10-19)15-29/h1-9,17,19,21,34H,10-16H2,(H,31,33,35). The van der Waals surface area contributed by atoms with Crippen molar-refractivity contribution in [3.8, 4) is 17.0 Å². The molecule has 6 heteroatoms. The van der Waals surface area contributed by atoms with Crippen molar-refractivity contribution in [1.29, 1.82) is 0 Å². The maximum atomic E-state index is 13.2. The number of amides is 1. The van der Waals surface area contributed by atoms with Crippen LogP contribution in [0, 0.1) is 23.1 Å². The van der Waals surface area contributed by atoms with E-state index in [-0.39, 0.29) is 29.3 Å². The van der Waals surface area contributed by atoms with Crippen molar-refractivity contribution in [2.45, 2.75) is 44.9 Å². The molecule has 2 saturated carbocycles. The molecule has 178 valence electrons. The number of aromatic hydroxyl groups is 1. The topological polar surface area (TPSA) is 75.1 Å². The Kier molecular flexibility index (Phi) is 5.39. The Morgan fingerprint density at radius 2 is 1.91 bits per heavy atom. The van der Waals surface area contributed by atoms with Crippen molar-refractivity contribution < 1.29 is 14.3 Å². The predicted octanol–water partition coefficient (Wildman–Crippen LogP) is 5.85. The molecule has 5 nitrogen and oxygen atoms in total. The summed E-state index contributed by atoms with van der Waals surface area (Å²) in [5.74, 6) is 1.61. The van der Waals surface area contributed by atoms with E-state index in [1.165, 1.54) is 37.8 Å². The van der Waals surface area contributed by atoms with Gasteiger partial charge in [0.2, 0.25) is 5.91 Å². The summed E-state index contributed by atoms with van der Waals surface area (Å²) in [6, 6.07) is 12.9. The number of carbonyl (C=O) groups is 1. The zero-order chi connectivity index (χ0) is 24.0. The van der Waals surface area contributed by atoms with E-state index in [1.54, 1.807) is 36.0 Å². The van der Waals surface area contributed by atoms with Crippen molar-refractivity contribution in [2.75, 3.05) is 5.32 Å². The smallest absolute Gasteiger partial charge is 0.229 e. The summed E-state index contributed by atoms with van der Waals surface area (Å²) < 4.78 is 13.2. The Bertz CT molecular complexity index is 1300. The van der Waals surface area contributed by atoms with Gasteiger partial charge in [0.25, 0.3) is 0 Å². The first-order valence-electron chi connectivity index (χ1n) is 12.3. The summed E-state index contributed by atoms with van der Waals surface area (Å²) in [6.45, 7) is 0. The number of benzene rings is 2. The quantitative estimate of drug-likeness (QED) is 0.444. The van der Waals surface area contributed by atoms with Crippen LogP contribution in [-0.4, -0.2) is 21.0 Å². The molecule has 3 aromatic rings. The molecule has 4 aliphatic rings. The van der Waals surface area contributed by atoms with Crippen molar-refractivity contribution in [1.82, 2.24) is 9.97 Å². The summed E-state index contributed by atoms with van der Waals surface area (Å²) in [5.41, 5.74) is 4.91. The fraction of sp³-hybridized carbons (Fsp3) is 0.345. The lowest BCUT2D eigenvalue weighted by molar-refractivity contribution is -0.115. The molecule has 0 aliphatic heterocycles.